The fraction of sp³-hybridized carbons (Fsp3) is 0. The van der Waals surface area contributed by atoms with Crippen molar-refractivity contribution in [2.45, 2.75) is 0 Å². The van der Waals surface area contributed by atoms with Crippen LogP contribution in [0.4, 0.5) is 0 Å². The van der Waals surface area contributed by atoms with Crippen molar-refractivity contribution in [3.63, 3.8) is 0 Å². The van der Waals surface area contributed by atoms with Gasteiger partial charge in [0.25, 0.3) is 0 Å². The molecule has 0 amide bonds. The highest BCUT2D eigenvalue weighted by atomic mass is 35.5. The third-order valence-corrected chi connectivity index (χ3v) is 3.39. The van der Waals surface area contributed by atoms with Crippen LogP contribution in [0.2, 0.25) is 5.15 Å². The summed E-state index contributed by atoms with van der Waals surface area (Å²) in [5.74, 6) is 1.28. The first-order chi connectivity index (χ1) is 10.8. The number of benzene rings is 1. The first-order valence-corrected chi connectivity index (χ1v) is 6.98. The highest BCUT2D eigenvalue weighted by Crippen LogP contribution is 2.31. The summed E-state index contributed by atoms with van der Waals surface area (Å²) in [7, 11) is 0. The SMILES string of the molecule is Clc1cnc2c(Oc3cccc4ncccc34)ccnc2n1. The molecule has 22 heavy (non-hydrogen) atoms. The van der Waals surface area contributed by atoms with E-state index in [1.165, 1.54) is 6.20 Å². The maximum Gasteiger partial charge on any atom is 0.183 e. The van der Waals surface area contributed by atoms with E-state index in [9.17, 15) is 0 Å². The molecule has 0 atom stereocenters. The van der Waals surface area contributed by atoms with E-state index in [-0.39, 0.29) is 0 Å². The van der Waals surface area contributed by atoms with Crippen molar-refractivity contribution in [2.24, 2.45) is 0 Å². The van der Waals surface area contributed by atoms with Gasteiger partial charge >= 0.3 is 0 Å². The minimum atomic E-state index is 0.298. The Hall–Kier alpha value is -2.79. The van der Waals surface area contributed by atoms with E-state index in [1.807, 2.05) is 30.3 Å². The molecule has 0 aliphatic heterocycles. The highest BCUT2D eigenvalue weighted by Gasteiger charge is 2.09. The van der Waals surface area contributed by atoms with Gasteiger partial charge in [-0.25, -0.2) is 15.0 Å². The molecule has 0 spiro atoms. The van der Waals surface area contributed by atoms with Gasteiger partial charge < -0.3 is 4.74 Å². The summed E-state index contributed by atoms with van der Waals surface area (Å²) in [6.07, 6.45) is 4.84. The third-order valence-electron chi connectivity index (χ3n) is 3.21. The Morgan fingerprint density at radius 1 is 0.864 bits per heavy atom. The molecule has 0 unspecified atom stereocenters. The Kier molecular flexibility index (Phi) is 3.05. The topological polar surface area (TPSA) is 60.8 Å². The molecule has 0 N–H and O–H groups in total. The molecule has 0 aliphatic rings. The smallest absolute Gasteiger partial charge is 0.183 e. The lowest BCUT2D eigenvalue weighted by Crippen LogP contribution is -1.93. The summed E-state index contributed by atoms with van der Waals surface area (Å²) >= 11 is 5.85. The molecule has 4 rings (SSSR count). The van der Waals surface area contributed by atoms with E-state index >= 15 is 0 Å². The van der Waals surface area contributed by atoms with Crippen molar-refractivity contribution in [1.82, 2.24) is 19.9 Å². The Morgan fingerprint density at radius 2 is 1.82 bits per heavy atom. The molecule has 4 aromatic rings. The van der Waals surface area contributed by atoms with Gasteiger partial charge in [-0.15, -0.1) is 0 Å². The van der Waals surface area contributed by atoms with Gasteiger partial charge in [-0.1, -0.05) is 17.7 Å². The fourth-order valence-electron chi connectivity index (χ4n) is 2.24. The molecule has 0 saturated heterocycles. The molecular weight excluding hydrogens is 300 g/mol. The molecule has 0 saturated carbocycles. The lowest BCUT2D eigenvalue weighted by atomic mass is 10.2. The van der Waals surface area contributed by atoms with Gasteiger partial charge in [0.15, 0.2) is 16.9 Å². The van der Waals surface area contributed by atoms with Gasteiger partial charge in [0.05, 0.1) is 11.7 Å². The number of pyridine rings is 2. The predicted molar refractivity (Wildman–Crippen MR) is 84.2 cm³/mol. The van der Waals surface area contributed by atoms with Crippen LogP contribution in [0.15, 0.2) is 55.0 Å². The minimum Gasteiger partial charge on any atom is -0.454 e. The number of hydrogen-bond donors (Lipinski definition) is 0. The Bertz CT molecular complexity index is 985. The van der Waals surface area contributed by atoms with Gasteiger partial charge in [-0.2, -0.15) is 0 Å². The van der Waals surface area contributed by atoms with Gasteiger partial charge in [0, 0.05) is 23.8 Å². The van der Waals surface area contributed by atoms with Crippen molar-refractivity contribution in [3.05, 3.63) is 60.1 Å². The van der Waals surface area contributed by atoms with Crippen LogP contribution < -0.4 is 4.74 Å². The van der Waals surface area contributed by atoms with E-state index < -0.39 is 0 Å². The van der Waals surface area contributed by atoms with E-state index in [2.05, 4.69) is 19.9 Å². The van der Waals surface area contributed by atoms with Gasteiger partial charge in [-0.3, -0.25) is 4.98 Å². The molecule has 0 fully saturated rings. The zero-order valence-corrected chi connectivity index (χ0v) is 12.0. The maximum absolute atomic E-state index is 6.02. The summed E-state index contributed by atoms with van der Waals surface area (Å²) in [4.78, 5) is 16.9. The van der Waals surface area contributed by atoms with Crippen LogP contribution in [-0.4, -0.2) is 19.9 Å². The second-order valence-electron chi connectivity index (χ2n) is 4.60. The normalized spacial score (nSPS) is 11.0. The minimum absolute atomic E-state index is 0.298. The Labute approximate surface area is 130 Å². The number of nitrogens with zero attached hydrogens (tertiary/aromatic N) is 4. The van der Waals surface area contributed by atoms with Crippen LogP contribution in [0.1, 0.15) is 0 Å². The van der Waals surface area contributed by atoms with E-state index in [0.717, 1.165) is 10.9 Å². The van der Waals surface area contributed by atoms with Gasteiger partial charge in [0.1, 0.15) is 10.9 Å². The summed E-state index contributed by atoms with van der Waals surface area (Å²) < 4.78 is 6.02. The number of hydrogen-bond acceptors (Lipinski definition) is 5. The lowest BCUT2D eigenvalue weighted by molar-refractivity contribution is 0.492. The zero-order valence-electron chi connectivity index (χ0n) is 11.3. The molecule has 0 radical (unpaired) electrons. The standard InChI is InChI=1S/C16H9ClN4O/c17-14-9-20-15-13(6-8-19-16(15)21-14)22-12-5-1-4-11-10(12)3-2-7-18-11/h1-9H. The third kappa shape index (κ3) is 2.21. The van der Waals surface area contributed by atoms with E-state index in [0.29, 0.717) is 27.8 Å². The van der Waals surface area contributed by atoms with Crippen LogP contribution in [0.25, 0.3) is 22.1 Å². The predicted octanol–water partition coefficient (Wildman–Crippen LogP) is 4.02. The average molecular weight is 309 g/mol. The zero-order chi connectivity index (χ0) is 14.9. The maximum atomic E-state index is 6.02. The van der Waals surface area contributed by atoms with Gasteiger partial charge in [-0.05, 0) is 24.3 Å². The van der Waals surface area contributed by atoms with E-state index in [4.69, 9.17) is 16.3 Å². The van der Waals surface area contributed by atoms with Crippen molar-refractivity contribution in [1.29, 1.82) is 0 Å². The van der Waals surface area contributed by atoms with Crippen molar-refractivity contribution in [3.8, 4) is 11.5 Å². The molecule has 5 nitrogen and oxygen atoms in total. The lowest BCUT2D eigenvalue weighted by Gasteiger charge is -2.09. The van der Waals surface area contributed by atoms with Crippen LogP contribution in [-0.2, 0) is 0 Å². The molecular formula is C16H9ClN4O. The second kappa shape index (κ2) is 5.20. The number of rotatable bonds is 2. The average Bonchev–Trinajstić information content (AvgIpc) is 2.55. The monoisotopic (exact) mass is 308 g/mol. The molecule has 3 heterocycles. The highest BCUT2D eigenvalue weighted by molar-refractivity contribution is 6.29. The fourth-order valence-corrected chi connectivity index (χ4v) is 2.37. The number of ether oxygens (including phenoxy) is 1. The van der Waals surface area contributed by atoms with Crippen LogP contribution in [0.3, 0.4) is 0 Å². The first kappa shape index (κ1) is 12.9. The number of aromatic nitrogens is 4. The van der Waals surface area contributed by atoms with Crippen molar-refractivity contribution >= 4 is 33.7 Å². The number of fused-ring (bicyclic) bond motifs is 2. The van der Waals surface area contributed by atoms with E-state index in [1.54, 1.807) is 18.5 Å². The van der Waals surface area contributed by atoms with Crippen LogP contribution in [0, 0.1) is 0 Å². The summed E-state index contributed by atoms with van der Waals surface area (Å²) in [5, 5.41) is 1.23. The summed E-state index contributed by atoms with van der Waals surface area (Å²) in [6.45, 7) is 0. The largest absolute Gasteiger partial charge is 0.454 e. The molecule has 6 heteroatoms. The quantitative estimate of drug-likeness (QED) is 0.559. The molecule has 1 aromatic carbocycles. The molecule has 0 aliphatic carbocycles. The summed E-state index contributed by atoms with van der Waals surface area (Å²) in [5.41, 5.74) is 1.88. The first-order valence-electron chi connectivity index (χ1n) is 6.60. The molecule has 106 valence electrons. The van der Waals surface area contributed by atoms with Crippen LogP contribution >= 0.6 is 11.6 Å². The second-order valence-corrected chi connectivity index (χ2v) is 4.99. The van der Waals surface area contributed by atoms with Crippen molar-refractivity contribution < 1.29 is 4.74 Å². The Balaban J connectivity index is 1.86. The number of halogens is 1. The Morgan fingerprint density at radius 3 is 2.77 bits per heavy atom. The molecule has 3 aromatic heterocycles. The van der Waals surface area contributed by atoms with Crippen molar-refractivity contribution in [2.75, 3.05) is 0 Å². The van der Waals surface area contributed by atoms with Crippen LogP contribution in [0.5, 0.6) is 11.5 Å². The van der Waals surface area contributed by atoms with Gasteiger partial charge in [0.2, 0.25) is 0 Å². The molecule has 0 bridgehead atoms. The summed E-state index contributed by atoms with van der Waals surface area (Å²) in [6, 6.07) is 11.3.